The second-order valence-electron chi connectivity index (χ2n) is 6.62. The number of piperidine rings is 1. The predicted molar refractivity (Wildman–Crippen MR) is 96.4 cm³/mol. The lowest BCUT2D eigenvalue weighted by molar-refractivity contribution is -0.136. The van der Waals surface area contributed by atoms with Crippen molar-refractivity contribution in [3.8, 4) is 0 Å². The Morgan fingerprint density at radius 2 is 2.20 bits per heavy atom. The molecule has 1 aliphatic heterocycles. The minimum absolute atomic E-state index is 0.000134. The lowest BCUT2D eigenvalue weighted by atomic mass is 9.96. The van der Waals surface area contributed by atoms with Crippen LogP contribution in [0.25, 0.3) is 10.9 Å². The molecule has 2 amide bonds. The van der Waals surface area contributed by atoms with Gasteiger partial charge in [-0.1, -0.05) is 0 Å². The quantitative estimate of drug-likeness (QED) is 0.904. The molecule has 0 unspecified atom stereocenters. The number of hydrogen-bond acceptors (Lipinski definition) is 3. The Morgan fingerprint density at radius 3 is 3.00 bits per heavy atom. The van der Waals surface area contributed by atoms with E-state index in [0.29, 0.717) is 31.8 Å². The number of ether oxygens (including phenoxy) is 1. The standard InChI is InChI=1S/C19H25N3O3/c1-21(10-11-25-2)18(23)16-4-3-9-22(13-16)19(24)15-5-6-17-14(12-15)7-8-20-17/h5-8,12,16,20H,3-4,9-11,13H2,1-2H3/t16-/m0/s1. The molecule has 6 heteroatoms. The Morgan fingerprint density at radius 1 is 1.36 bits per heavy atom. The molecule has 0 aliphatic carbocycles. The van der Waals surface area contributed by atoms with Crippen LogP contribution in [0.4, 0.5) is 0 Å². The zero-order valence-electron chi connectivity index (χ0n) is 14.8. The summed E-state index contributed by atoms with van der Waals surface area (Å²) in [6.07, 6.45) is 3.55. The molecule has 1 fully saturated rings. The van der Waals surface area contributed by atoms with E-state index in [-0.39, 0.29) is 17.7 Å². The summed E-state index contributed by atoms with van der Waals surface area (Å²) in [6, 6.07) is 7.63. The van der Waals surface area contributed by atoms with Gasteiger partial charge in [0.05, 0.1) is 12.5 Å². The van der Waals surface area contributed by atoms with Gasteiger partial charge in [-0.3, -0.25) is 9.59 Å². The van der Waals surface area contributed by atoms with E-state index in [9.17, 15) is 9.59 Å². The minimum Gasteiger partial charge on any atom is -0.383 e. The molecule has 0 saturated carbocycles. The lowest BCUT2D eigenvalue weighted by Crippen LogP contribution is -2.46. The van der Waals surface area contributed by atoms with Crippen LogP contribution in [0.15, 0.2) is 30.5 Å². The monoisotopic (exact) mass is 343 g/mol. The van der Waals surface area contributed by atoms with E-state index in [2.05, 4.69) is 4.98 Å². The third kappa shape index (κ3) is 3.85. The maximum Gasteiger partial charge on any atom is 0.253 e. The van der Waals surface area contributed by atoms with Crippen LogP contribution in [0.1, 0.15) is 23.2 Å². The summed E-state index contributed by atoms with van der Waals surface area (Å²) in [6.45, 7) is 2.29. The topological polar surface area (TPSA) is 65.6 Å². The Hall–Kier alpha value is -2.34. The van der Waals surface area contributed by atoms with Crippen LogP contribution >= 0.6 is 0 Å². The number of carbonyl (C=O) groups excluding carboxylic acids is 2. The highest BCUT2D eigenvalue weighted by Crippen LogP contribution is 2.22. The van der Waals surface area contributed by atoms with Crippen molar-refractivity contribution < 1.29 is 14.3 Å². The van der Waals surface area contributed by atoms with Gasteiger partial charge < -0.3 is 19.5 Å². The van der Waals surface area contributed by atoms with Gasteiger partial charge >= 0.3 is 0 Å². The van der Waals surface area contributed by atoms with E-state index in [1.165, 1.54) is 0 Å². The first-order chi connectivity index (χ1) is 12.1. The number of methoxy groups -OCH3 is 1. The Balaban J connectivity index is 1.67. The number of nitrogens with zero attached hydrogens (tertiary/aromatic N) is 2. The van der Waals surface area contributed by atoms with Crippen molar-refractivity contribution in [3.63, 3.8) is 0 Å². The molecule has 2 heterocycles. The third-order valence-corrected chi connectivity index (χ3v) is 4.87. The van der Waals surface area contributed by atoms with Crippen LogP contribution in [0.3, 0.4) is 0 Å². The van der Waals surface area contributed by atoms with Gasteiger partial charge in [-0.05, 0) is 37.1 Å². The molecule has 1 saturated heterocycles. The molecular formula is C19H25N3O3. The van der Waals surface area contributed by atoms with Crippen molar-refractivity contribution in [1.29, 1.82) is 0 Å². The molecule has 6 nitrogen and oxygen atoms in total. The Kier molecular flexibility index (Phi) is 5.38. The summed E-state index contributed by atoms with van der Waals surface area (Å²) >= 11 is 0. The lowest BCUT2D eigenvalue weighted by Gasteiger charge is -2.34. The van der Waals surface area contributed by atoms with E-state index in [1.54, 1.807) is 19.1 Å². The summed E-state index contributed by atoms with van der Waals surface area (Å²) < 4.78 is 5.03. The summed E-state index contributed by atoms with van der Waals surface area (Å²) in [5.41, 5.74) is 1.69. The average molecular weight is 343 g/mol. The number of hydrogen-bond donors (Lipinski definition) is 1. The molecule has 1 aliphatic rings. The van der Waals surface area contributed by atoms with Gasteiger partial charge in [-0.15, -0.1) is 0 Å². The van der Waals surface area contributed by atoms with E-state index in [0.717, 1.165) is 23.7 Å². The van der Waals surface area contributed by atoms with Gasteiger partial charge in [0.15, 0.2) is 0 Å². The largest absolute Gasteiger partial charge is 0.383 e. The highest BCUT2D eigenvalue weighted by molar-refractivity contribution is 5.98. The number of likely N-dealkylation sites (tertiary alicyclic amines) is 1. The normalized spacial score (nSPS) is 17.7. The van der Waals surface area contributed by atoms with Crippen molar-refractivity contribution in [1.82, 2.24) is 14.8 Å². The van der Waals surface area contributed by atoms with Crippen molar-refractivity contribution in [2.24, 2.45) is 5.92 Å². The molecule has 1 aromatic heterocycles. The smallest absolute Gasteiger partial charge is 0.253 e. The second-order valence-corrected chi connectivity index (χ2v) is 6.62. The summed E-state index contributed by atoms with van der Waals surface area (Å²) in [4.78, 5) is 32.1. The van der Waals surface area contributed by atoms with Crippen molar-refractivity contribution in [2.75, 3.05) is 40.4 Å². The third-order valence-electron chi connectivity index (χ3n) is 4.87. The van der Waals surface area contributed by atoms with Crippen molar-refractivity contribution >= 4 is 22.7 Å². The number of likely N-dealkylation sites (N-methyl/N-ethyl adjacent to an activating group) is 1. The molecule has 1 aromatic carbocycles. The SMILES string of the molecule is COCCN(C)C(=O)[C@H]1CCCN(C(=O)c2ccc3[nH]ccc3c2)C1. The van der Waals surface area contributed by atoms with E-state index >= 15 is 0 Å². The highest BCUT2D eigenvalue weighted by Gasteiger charge is 2.30. The predicted octanol–water partition coefficient (Wildman–Crippen LogP) is 2.12. The summed E-state index contributed by atoms with van der Waals surface area (Å²) in [5.74, 6) is -0.0358. The molecular weight excluding hydrogens is 318 g/mol. The van der Waals surface area contributed by atoms with Crippen molar-refractivity contribution in [3.05, 3.63) is 36.0 Å². The fourth-order valence-electron chi connectivity index (χ4n) is 3.38. The molecule has 2 aromatic rings. The average Bonchev–Trinajstić information content (AvgIpc) is 3.12. The summed E-state index contributed by atoms with van der Waals surface area (Å²) in [5, 5.41) is 1.02. The van der Waals surface area contributed by atoms with Gasteiger partial charge in [0.1, 0.15) is 0 Å². The molecule has 1 atom stereocenters. The number of benzene rings is 1. The van der Waals surface area contributed by atoms with Crippen molar-refractivity contribution in [2.45, 2.75) is 12.8 Å². The Bertz CT molecular complexity index is 755. The van der Waals surface area contributed by atoms with Crippen LogP contribution in [-0.4, -0.2) is 67.0 Å². The van der Waals surface area contributed by atoms with E-state index < -0.39 is 0 Å². The first-order valence-corrected chi connectivity index (χ1v) is 8.70. The number of rotatable bonds is 5. The van der Waals surface area contributed by atoms with Crippen LogP contribution in [0.5, 0.6) is 0 Å². The van der Waals surface area contributed by atoms with E-state index in [4.69, 9.17) is 4.74 Å². The number of carbonyl (C=O) groups is 2. The molecule has 0 bridgehead atoms. The van der Waals surface area contributed by atoms with E-state index in [1.807, 2.05) is 35.4 Å². The molecule has 1 N–H and O–H groups in total. The number of aromatic amines is 1. The minimum atomic E-state index is -0.129. The number of amides is 2. The van der Waals surface area contributed by atoms with Crippen LogP contribution in [0.2, 0.25) is 0 Å². The number of aromatic nitrogens is 1. The van der Waals surface area contributed by atoms with Gasteiger partial charge in [0.2, 0.25) is 5.91 Å². The van der Waals surface area contributed by atoms with Gasteiger partial charge in [-0.25, -0.2) is 0 Å². The maximum atomic E-state index is 12.8. The zero-order valence-corrected chi connectivity index (χ0v) is 14.8. The zero-order chi connectivity index (χ0) is 17.8. The first-order valence-electron chi connectivity index (χ1n) is 8.70. The first kappa shape index (κ1) is 17.5. The van der Waals surface area contributed by atoms with Gasteiger partial charge in [0, 0.05) is 56.5 Å². The van der Waals surface area contributed by atoms with Gasteiger partial charge in [0.25, 0.3) is 5.91 Å². The number of H-pyrrole nitrogens is 1. The fraction of sp³-hybridized carbons (Fsp3) is 0.474. The van der Waals surface area contributed by atoms with Crippen LogP contribution in [-0.2, 0) is 9.53 Å². The maximum absolute atomic E-state index is 12.8. The Labute approximate surface area is 147 Å². The number of nitrogens with one attached hydrogen (secondary N) is 1. The van der Waals surface area contributed by atoms with Crippen LogP contribution in [0, 0.1) is 5.92 Å². The van der Waals surface area contributed by atoms with Crippen LogP contribution < -0.4 is 0 Å². The molecule has 0 radical (unpaired) electrons. The molecule has 134 valence electrons. The fourth-order valence-corrected chi connectivity index (χ4v) is 3.38. The second kappa shape index (κ2) is 7.70. The molecule has 3 rings (SSSR count). The summed E-state index contributed by atoms with van der Waals surface area (Å²) in [7, 11) is 3.42. The highest BCUT2D eigenvalue weighted by atomic mass is 16.5. The number of fused-ring (bicyclic) bond motifs is 1. The van der Waals surface area contributed by atoms with Gasteiger partial charge in [-0.2, -0.15) is 0 Å². The molecule has 25 heavy (non-hydrogen) atoms. The molecule has 0 spiro atoms.